The van der Waals surface area contributed by atoms with Gasteiger partial charge in [-0.2, -0.15) is 0 Å². The summed E-state index contributed by atoms with van der Waals surface area (Å²) in [4.78, 5) is 4.99. The first-order chi connectivity index (χ1) is 8.22. The Balaban J connectivity index is 2.29. The van der Waals surface area contributed by atoms with Gasteiger partial charge in [0.1, 0.15) is 5.82 Å². The number of rotatable bonds is 4. The van der Waals surface area contributed by atoms with Crippen LogP contribution in [0, 0.1) is 5.82 Å². The van der Waals surface area contributed by atoms with Crippen molar-refractivity contribution in [3.8, 4) is 0 Å². The largest absolute Gasteiger partial charge is 0.271 e. The van der Waals surface area contributed by atoms with Crippen molar-refractivity contribution < 1.29 is 4.39 Å². The van der Waals surface area contributed by atoms with Crippen LogP contribution < -0.4 is 11.3 Å². The highest BCUT2D eigenvalue weighted by atomic mass is 35.5. The minimum atomic E-state index is -0.357. The van der Waals surface area contributed by atoms with Crippen molar-refractivity contribution in [3.05, 3.63) is 51.2 Å². The Labute approximate surface area is 107 Å². The lowest BCUT2D eigenvalue weighted by Gasteiger charge is -2.17. The Bertz CT molecular complexity index is 469. The number of aromatic nitrogens is 1. The van der Waals surface area contributed by atoms with Crippen LogP contribution in [0.4, 0.5) is 4.39 Å². The summed E-state index contributed by atoms with van der Waals surface area (Å²) in [6.07, 6.45) is 2.30. The average Bonchev–Trinajstić information content (AvgIpc) is 2.80. The molecule has 3 N–H and O–H groups in total. The number of hydrogen-bond donors (Lipinski definition) is 2. The Kier molecular flexibility index (Phi) is 4.06. The second-order valence-corrected chi connectivity index (χ2v) is 4.90. The molecule has 1 aromatic carbocycles. The molecule has 0 fully saturated rings. The van der Waals surface area contributed by atoms with Gasteiger partial charge in [-0.15, -0.1) is 11.3 Å². The number of hydrazine groups is 1. The van der Waals surface area contributed by atoms with Crippen LogP contribution in [0.15, 0.2) is 29.9 Å². The zero-order chi connectivity index (χ0) is 12.3. The molecule has 0 bridgehead atoms. The third kappa shape index (κ3) is 2.81. The monoisotopic (exact) mass is 271 g/mol. The van der Waals surface area contributed by atoms with Crippen LogP contribution in [-0.2, 0) is 6.42 Å². The molecule has 3 nitrogen and oxygen atoms in total. The third-order valence-corrected chi connectivity index (χ3v) is 3.57. The van der Waals surface area contributed by atoms with E-state index in [-0.39, 0.29) is 11.9 Å². The highest BCUT2D eigenvalue weighted by Gasteiger charge is 2.18. The molecule has 0 aliphatic rings. The molecule has 0 amide bonds. The lowest BCUT2D eigenvalue weighted by atomic mass is 10.0. The zero-order valence-electron chi connectivity index (χ0n) is 8.86. The number of hydrogen-bond acceptors (Lipinski definition) is 4. The van der Waals surface area contributed by atoms with E-state index in [2.05, 4.69) is 10.4 Å². The fourth-order valence-electron chi connectivity index (χ4n) is 1.63. The van der Waals surface area contributed by atoms with E-state index in [1.807, 2.05) is 0 Å². The van der Waals surface area contributed by atoms with Gasteiger partial charge >= 0.3 is 0 Å². The van der Waals surface area contributed by atoms with E-state index in [1.54, 1.807) is 23.8 Å². The maximum Gasteiger partial charge on any atom is 0.129 e. The van der Waals surface area contributed by atoms with E-state index in [0.29, 0.717) is 17.0 Å². The van der Waals surface area contributed by atoms with Crippen LogP contribution in [0.3, 0.4) is 0 Å². The van der Waals surface area contributed by atoms with Crippen molar-refractivity contribution in [3.63, 3.8) is 0 Å². The minimum Gasteiger partial charge on any atom is -0.271 e. The molecular weight excluding hydrogens is 261 g/mol. The van der Waals surface area contributed by atoms with Crippen LogP contribution in [0.1, 0.15) is 16.5 Å². The molecule has 0 aliphatic heterocycles. The van der Waals surface area contributed by atoms with Crippen molar-refractivity contribution >= 4 is 22.9 Å². The number of halogens is 2. The summed E-state index contributed by atoms with van der Waals surface area (Å²) < 4.78 is 13.7. The Morgan fingerprint density at radius 1 is 1.53 bits per heavy atom. The smallest absolute Gasteiger partial charge is 0.129 e. The second kappa shape index (κ2) is 5.55. The average molecular weight is 272 g/mol. The van der Waals surface area contributed by atoms with Gasteiger partial charge in [-0.1, -0.05) is 17.7 Å². The zero-order valence-corrected chi connectivity index (χ0v) is 10.4. The molecule has 6 heteroatoms. The van der Waals surface area contributed by atoms with E-state index >= 15 is 0 Å². The van der Waals surface area contributed by atoms with Crippen molar-refractivity contribution in [1.29, 1.82) is 0 Å². The van der Waals surface area contributed by atoms with Gasteiger partial charge in [-0.05, 0) is 12.1 Å². The highest BCUT2D eigenvalue weighted by molar-refractivity contribution is 7.09. The summed E-state index contributed by atoms with van der Waals surface area (Å²) in [5.41, 5.74) is 4.71. The molecule has 1 aromatic heterocycles. The first-order valence-corrected chi connectivity index (χ1v) is 6.25. The molecule has 90 valence electrons. The predicted molar refractivity (Wildman–Crippen MR) is 67.3 cm³/mol. The summed E-state index contributed by atoms with van der Waals surface area (Å²) in [6, 6.07) is 4.24. The molecule has 1 unspecified atom stereocenters. The van der Waals surface area contributed by atoms with Gasteiger partial charge in [0.15, 0.2) is 0 Å². The van der Waals surface area contributed by atoms with E-state index < -0.39 is 0 Å². The first-order valence-electron chi connectivity index (χ1n) is 4.99. The number of nitrogens with two attached hydrogens (primary N) is 1. The van der Waals surface area contributed by atoms with Crippen LogP contribution in [-0.4, -0.2) is 4.98 Å². The number of benzene rings is 1. The number of nitrogens with zero attached hydrogens (tertiary/aromatic N) is 1. The second-order valence-electron chi connectivity index (χ2n) is 3.53. The lowest BCUT2D eigenvalue weighted by Crippen LogP contribution is -2.30. The standard InChI is InChI=1S/C11H11ClFN3S/c12-8-2-1-3-9(13)11(8)10(16-14)4-7-5-15-6-17-7/h1-3,5-6,10,16H,4,14H2. The molecule has 1 atom stereocenters. The number of nitrogens with one attached hydrogen (secondary N) is 1. The maximum absolute atomic E-state index is 13.7. The van der Waals surface area contributed by atoms with Gasteiger partial charge in [0.25, 0.3) is 0 Å². The Morgan fingerprint density at radius 3 is 2.94 bits per heavy atom. The van der Waals surface area contributed by atoms with Gasteiger partial charge in [0, 0.05) is 28.1 Å². The molecule has 0 aliphatic carbocycles. The maximum atomic E-state index is 13.7. The van der Waals surface area contributed by atoms with Gasteiger partial charge in [0.2, 0.25) is 0 Å². The quantitative estimate of drug-likeness (QED) is 0.664. The normalized spacial score (nSPS) is 12.6. The Hall–Kier alpha value is -1.01. The molecule has 0 radical (unpaired) electrons. The topological polar surface area (TPSA) is 50.9 Å². The molecule has 17 heavy (non-hydrogen) atoms. The van der Waals surface area contributed by atoms with Crippen molar-refractivity contribution in [1.82, 2.24) is 10.4 Å². The van der Waals surface area contributed by atoms with Gasteiger partial charge in [-0.25, -0.2) is 4.39 Å². The van der Waals surface area contributed by atoms with E-state index in [9.17, 15) is 4.39 Å². The summed E-state index contributed by atoms with van der Waals surface area (Å²) in [5.74, 6) is 5.11. The first kappa shape index (κ1) is 12.4. The summed E-state index contributed by atoms with van der Waals surface area (Å²) in [5, 5.41) is 0.373. The molecule has 0 spiro atoms. The van der Waals surface area contributed by atoms with E-state index in [4.69, 9.17) is 17.4 Å². The Morgan fingerprint density at radius 2 is 2.35 bits per heavy atom. The molecule has 1 heterocycles. The molecule has 0 saturated heterocycles. The van der Waals surface area contributed by atoms with Crippen molar-refractivity contribution in [2.75, 3.05) is 0 Å². The molecule has 2 aromatic rings. The van der Waals surface area contributed by atoms with Gasteiger partial charge < -0.3 is 0 Å². The van der Waals surface area contributed by atoms with Crippen LogP contribution in [0.2, 0.25) is 5.02 Å². The SMILES string of the molecule is NNC(Cc1cncs1)c1c(F)cccc1Cl. The summed E-state index contributed by atoms with van der Waals surface area (Å²) in [7, 11) is 0. The van der Waals surface area contributed by atoms with Gasteiger partial charge in [0.05, 0.1) is 11.6 Å². The number of thiazole rings is 1. The summed E-state index contributed by atoms with van der Waals surface area (Å²) in [6.45, 7) is 0. The van der Waals surface area contributed by atoms with E-state index in [0.717, 1.165) is 4.88 Å². The van der Waals surface area contributed by atoms with Crippen LogP contribution in [0.25, 0.3) is 0 Å². The van der Waals surface area contributed by atoms with Crippen LogP contribution in [0.5, 0.6) is 0 Å². The lowest BCUT2D eigenvalue weighted by molar-refractivity contribution is 0.513. The minimum absolute atomic E-state index is 0.357. The predicted octanol–water partition coefficient (Wildman–Crippen LogP) is 2.68. The summed E-state index contributed by atoms with van der Waals surface area (Å²) >= 11 is 7.50. The fraction of sp³-hybridized carbons (Fsp3) is 0.182. The van der Waals surface area contributed by atoms with Gasteiger partial charge in [-0.3, -0.25) is 16.3 Å². The fourth-order valence-corrected chi connectivity index (χ4v) is 2.57. The molecular formula is C11H11ClFN3S. The molecule has 2 rings (SSSR count). The van der Waals surface area contributed by atoms with E-state index in [1.165, 1.54) is 17.4 Å². The van der Waals surface area contributed by atoms with Crippen LogP contribution >= 0.6 is 22.9 Å². The molecule has 0 saturated carbocycles. The highest BCUT2D eigenvalue weighted by Crippen LogP contribution is 2.28. The van der Waals surface area contributed by atoms with Crippen molar-refractivity contribution in [2.45, 2.75) is 12.5 Å². The van der Waals surface area contributed by atoms with Crippen molar-refractivity contribution in [2.24, 2.45) is 5.84 Å². The third-order valence-electron chi connectivity index (χ3n) is 2.44.